The van der Waals surface area contributed by atoms with Gasteiger partial charge in [-0.05, 0) is 42.7 Å². The number of rotatable bonds is 3. The van der Waals surface area contributed by atoms with Gasteiger partial charge in [-0.2, -0.15) is 4.39 Å². The van der Waals surface area contributed by atoms with Gasteiger partial charge in [0.2, 0.25) is 5.82 Å². The molecule has 1 saturated carbocycles. The Hall–Kier alpha value is -1.12. The normalized spacial score (nSPS) is 24.0. The predicted octanol–water partition coefficient (Wildman–Crippen LogP) is 4.34. The summed E-state index contributed by atoms with van der Waals surface area (Å²) in [4.78, 5) is 0. The Labute approximate surface area is 107 Å². The monoisotopic (exact) mass is 254 g/mol. The van der Waals surface area contributed by atoms with E-state index in [1.54, 1.807) is 6.07 Å². The van der Waals surface area contributed by atoms with Crippen LogP contribution in [0.5, 0.6) is 5.75 Å². The van der Waals surface area contributed by atoms with Crippen LogP contribution in [0.1, 0.15) is 38.2 Å². The van der Waals surface area contributed by atoms with Gasteiger partial charge in [-0.25, -0.2) is 4.39 Å². The minimum Gasteiger partial charge on any atom is -0.494 e. The lowest BCUT2D eigenvalue weighted by atomic mass is 9.80. The molecule has 0 heterocycles. The summed E-state index contributed by atoms with van der Waals surface area (Å²) in [5.74, 6) is -0.358. The molecule has 0 N–H and O–H groups in total. The minimum absolute atomic E-state index is 0.0199. The van der Waals surface area contributed by atoms with Gasteiger partial charge in [0.15, 0.2) is 11.6 Å². The van der Waals surface area contributed by atoms with Crippen molar-refractivity contribution in [1.82, 2.24) is 0 Å². The van der Waals surface area contributed by atoms with Crippen LogP contribution in [0.2, 0.25) is 0 Å². The highest BCUT2D eigenvalue weighted by Gasteiger charge is 2.21. The van der Waals surface area contributed by atoms with Crippen LogP contribution in [0.25, 0.3) is 0 Å². The zero-order valence-electron chi connectivity index (χ0n) is 11.0. The number of hydrogen-bond acceptors (Lipinski definition) is 1. The molecule has 2 rings (SSSR count). The predicted molar refractivity (Wildman–Crippen MR) is 67.7 cm³/mol. The molecule has 1 fully saturated rings. The van der Waals surface area contributed by atoms with Gasteiger partial charge in [-0.3, -0.25) is 0 Å². The number of ether oxygens (including phenoxy) is 1. The summed E-state index contributed by atoms with van der Waals surface area (Å²) in [5.41, 5.74) is 0.479. The van der Waals surface area contributed by atoms with Gasteiger partial charge in [0, 0.05) is 0 Å². The molecule has 1 nitrogen and oxygen atoms in total. The molecule has 18 heavy (non-hydrogen) atoms. The van der Waals surface area contributed by atoms with E-state index in [0.717, 1.165) is 18.8 Å². The fraction of sp³-hybridized carbons (Fsp3) is 0.600. The Morgan fingerprint density at radius 3 is 2.39 bits per heavy atom. The average molecular weight is 254 g/mol. The van der Waals surface area contributed by atoms with E-state index >= 15 is 0 Å². The second kappa shape index (κ2) is 5.68. The van der Waals surface area contributed by atoms with Crippen molar-refractivity contribution < 1.29 is 13.5 Å². The highest BCUT2D eigenvalue weighted by Crippen LogP contribution is 2.32. The van der Waals surface area contributed by atoms with Crippen molar-refractivity contribution in [2.45, 2.75) is 39.0 Å². The van der Waals surface area contributed by atoms with Crippen LogP contribution in [0.3, 0.4) is 0 Å². The van der Waals surface area contributed by atoms with Crippen LogP contribution >= 0.6 is 0 Å². The summed E-state index contributed by atoms with van der Waals surface area (Å²) in [6.45, 7) is 2.25. The molecule has 0 radical (unpaired) electrons. The second-order valence-electron chi connectivity index (χ2n) is 5.38. The second-order valence-corrected chi connectivity index (χ2v) is 5.38. The summed E-state index contributed by atoms with van der Waals surface area (Å²) < 4.78 is 32.2. The zero-order valence-corrected chi connectivity index (χ0v) is 11.0. The largest absolute Gasteiger partial charge is 0.494 e. The lowest BCUT2D eigenvalue weighted by Crippen LogP contribution is -2.15. The van der Waals surface area contributed by atoms with Crippen molar-refractivity contribution in [3.63, 3.8) is 0 Å². The highest BCUT2D eigenvalue weighted by atomic mass is 19.2. The standard InChI is InChI=1S/C15H20F2O/c1-10-3-5-11(6-4-10)9-12-7-8-13(18-2)15(17)14(12)16/h7-8,10-11H,3-6,9H2,1-2H3. The van der Waals surface area contributed by atoms with Gasteiger partial charge in [-0.15, -0.1) is 0 Å². The van der Waals surface area contributed by atoms with Gasteiger partial charge in [0.25, 0.3) is 0 Å². The van der Waals surface area contributed by atoms with E-state index < -0.39 is 11.6 Å². The smallest absolute Gasteiger partial charge is 0.200 e. The molecular formula is C15H20F2O. The third kappa shape index (κ3) is 2.82. The quantitative estimate of drug-likeness (QED) is 0.779. The number of benzene rings is 1. The highest BCUT2D eigenvalue weighted by molar-refractivity contribution is 5.31. The fourth-order valence-electron chi connectivity index (χ4n) is 2.73. The molecule has 0 bridgehead atoms. The number of methoxy groups -OCH3 is 1. The first-order chi connectivity index (χ1) is 8.61. The van der Waals surface area contributed by atoms with Gasteiger partial charge in [0.1, 0.15) is 0 Å². The fourth-order valence-corrected chi connectivity index (χ4v) is 2.73. The molecule has 1 aliphatic rings. The number of halogens is 2. The number of hydrogen-bond donors (Lipinski definition) is 0. The van der Waals surface area contributed by atoms with Gasteiger partial charge in [0.05, 0.1) is 7.11 Å². The van der Waals surface area contributed by atoms with Crippen LogP contribution in [-0.2, 0) is 6.42 Å². The topological polar surface area (TPSA) is 9.23 Å². The molecule has 0 spiro atoms. The Bertz CT molecular complexity index is 409. The Morgan fingerprint density at radius 2 is 1.78 bits per heavy atom. The first-order valence-corrected chi connectivity index (χ1v) is 6.62. The summed E-state index contributed by atoms with van der Waals surface area (Å²) in [7, 11) is 1.35. The molecule has 0 unspecified atom stereocenters. The lowest BCUT2D eigenvalue weighted by molar-refractivity contribution is 0.285. The SMILES string of the molecule is COc1ccc(CC2CCC(C)CC2)c(F)c1F. The van der Waals surface area contributed by atoms with E-state index in [1.807, 2.05) is 0 Å². The van der Waals surface area contributed by atoms with E-state index in [2.05, 4.69) is 6.92 Å². The molecular weight excluding hydrogens is 234 g/mol. The summed E-state index contributed by atoms with van der Waals surface area (Å²) in [6.07, 6.45) is 5.28. The van der Waals surface area contributed by atoms with E-state index in [1.165, 1.54) is 26.0 Å². The van der Waals surface area contributed by atoms with Crippen molar-refractivity contribution in [2.75, 3.05) is 7.11 Å². The van der Waals surface area contributed by atoms with Crippen molar-refractivity contribution in [2.24, 2.45) is 11.8 Å². The third-order valence-corrected chi connectivity index (χ3v) is 3.99. The molecule has 3 heteroatoms. The maximum absolute atomic E-state index is 13.8. The lowest BCUT2D eigenvalue weighted by Gasteiger charge is -2.26. The summed E-state index contributed by atoms with van der Waals surface area (Å²) in [5, 5.41) is 0. The summed E-state index contributed by atoms with van der Waals surface area (Å²) >= 11 is 0. The van der Waals surface area contributed by atoms with Gasteiger partial charge in [-0.1, -0.05) is 25.8 Å². The van der Waals surface area contributed by atoms with Gasteiger partial charge < -0.3 is 4.74 Å². The molecule has 0 amide bonds. The average Bonchev–Trinajstić information content (AvgIpc) is 2.38. The van der Waals surface area contributed by atoms with E-state index in [9.17, 15) is 8.78 Å². The molecule has 1 aromatic carbocycles. The molecule has 1 aromatic rings. The van der Waals surface area contributed by atoms with Crippen LogP contribution in [0.15, 0.2) is 12.1 Å². The Morgan fingerprint density at radius 1 is 1.11 bits per heavy atom. The van der Waals surface area contributed by atoms with E-state index in [-0.39, 0.29) is 5.75 Å². The van der Waals surface area contributed by atoms with Crippen LogP contribution in [0, 0.1) is 23.5 Å². The minimum atomic E-state index is -0.862. The van der Waals surface area contributed by atoms with Gasteiger partial charge >= 0.3 is 0 Å². The van der Waals surface area contributed by atoms with Crippen molar-refractivity contribution in [3.05, 3.63) is 29.3 Å². The maximum Gasteiger partial charge on any atom is 0.200 e. The zero-order chi connectivity index (χ0) is 13.1. The molecule has 100 valence electrons. The van der Waals surface area contributed by atoms with Crippen molar-refractivity contribution in [1.29, 1.82) is 0 Å². The molecule has 0 aromatic heterocycles. The maximum atomic E-state index is 13.8. The first-order valence-electron chi connectivity index (χ1n) is 6.62. The van der Waals surface area contributed by atoms with Crippen LogP contribution < -0.4 is 4.74 Å². The Balaban J connectivity index is 2.08. The van der Waals surface area contributed by atoms with Crippen molar-refractivity contribution >= 4 is 0 Å². The van der Waals surface area contributed by atoms with Crippen LogP contribution in [0.4, 0.5) is 8.78 Å². The molecule has 0 saturated heterocycles. The summed E-state index contributed by atoms with van der Waals surface area (Å²) in [6, 6.07) is 3.16. The molecule has 0 aliphatic heterocycles. The molecule has 0 atom stereocenters. The molecule has 1 aliphatic carbocycles. The van der Waals surface area contributed by atoms with Crippen LogP contribution in [-0.4, -0.2) is 7.11 Å². The third-order valence-electron chi connectivity index (χ3n) is 3.99. The Kier molecular flexibility index (Phi) is 4.20. The van der Waals surface area contributed by atoms with E-state index in [4.69, 9.17) is 4.74 Å². The van der Waals surface area contributed by atoms with E-state index in [0.29, 0.717) is 17.9 Å². The first kappa shape index (κ1) is 13.3. The van der Waals surface area contributed by atoms with Crippen molar-refractivity contribution in [3.8, 4) is 5.75 Å².